The van der Waals surface area contributed by atoms with Crippen LogP contribution in [0.3, 0.4) is 0 Å². The summed E-state index contributed by atoms with van der Waals surface area (Å²) in [5.41, 5.74) is 1.37. The number of halogens is 4. The first-order valence-electron chi connectivity index (χ1n) is 9.48. The molecule has 2 rings (SSSR count). The Morgan fingerprint density at radius 3 is 2.50 bits per heavy atom. The minimum Gasteiger partial charge on any atom is -0.392 e. The number of rotatable bonds is 10. The highest BCUT2D eigenvalue weighted by molar-refractivity contribution is 9.15. The van der Waals surface area contributed by atoms with Crippen molar-refractivity contribution in [2.24, 2.45) is 0 Å². The van der Waals surface area contributed by atoms with Crippen molar-refractivity contribution in [3.8, 4) is 0 Å². The summed E-state index contributed by atoms with van der Waals surface area (Å²) in [5.74, 6) is -1.17. The fraction of sp³-hybridized carbons (Fsp3) is 0.524. The smallest absolute Gasteiger partial charge is 0.126 e. The van der Waals surface area contributed by atoms with E-state index >= 15 is 0 Å². The number of aliphatic hydroxyl groups excluding tert-OH is 1. The zero-order valence-corrected chi connectivity index (χ0v) is 19.8. The Hall–Kier alpha value is -0.210. The van der Waals surface area contributed by atoms with Gasteiger partial charge in [0.25, 0.3) is 0 Å². The molecule has 156 valence electrons. The molecular formula is C21H27Br2F2NOS. The molecule has 7 heteroatoms. The van der Waals surface area contributed by atoms with Crippen molar-refractivity contribution < 1.29 is 13.9 Å². The maximum Gasteiger partial charge on any atom is 0.126 e. The van der Waals surface area contributed by atoms with Gasteiger partial charge in [0, 0.05) is 18.2 Å². The molecule has 0 aromatic heterocycles. The molecule has 0 saturated heterocycles. The van der Waals surface area contributed by atoms with E-state index in [-0.39, 0.29) is 5.54 Å². The highest BCUT2D eigenvalue weighted by Crippen LogP contribution is 2.36. The molecule has 1 atom stereocenters. The average Bonchev–Trinajstić information content (AvgIpc) is 2.65. The molecule has 1 aromatic rings. The van der Waals surface area contributed by atoms with Gasteiger partial charge in [-0.3, -0.25) is 0 Å². The second-order valence-corrected chi connectivity index (χ2v) is 10.9. The van der Waals surface area contributed by atoms with E-state index in [9.17, 15) is 13.9 Å². The molecule has 0 radical (unpaired) electrons. The van der Waals surface area contributed by atoms with E-state index in [0.29, 0.717) is 24.9 Å². The van der Waals surface area contributed by atoms with Crippen LogP contribution in [0.4, 0.5) is 8.78 Å². The Bertz CT molecular complexity index is 673. The number of aryl methyl sites for hydroxylation is 1. The molecule has 2 N–H and O–H groups in total. The molecule has 1 fully saturated rings. The molecule has 0 aliphatic heterocycles. The summed E-state index contributed by atoms with van der Waals surface area (Å²) in [6.07, 6.45) is 7.78. The molecule has 0 bridgehead atoms. The summed E-state index contributed by atoms with van der Waals surface area (Å²) in [4.78, 5) is 0. The number of aliphatic hydroxyl groups is 1. The lowest BCUT2D eigenvalue weighted by Gasteiger charge is -2.40. The van der Waals surface area contributed by atoms with Crippen molar-refractivity contribution in [3.05, 3.63) is 57.4 Å². The highest BCUT2D eigenvalue weighted by atomic mass is 79.9. The van der Waals surface area contributed by atoms with E-state index in [4.69, 9.17) is 0 Å². The van der Waals surface area contributed by atoms with E-state index in [1.54, 1.807) is 11.8 Å². The predicted molar refractivity (Wildman–Crippen MR) is 122 cm³/mol. The topological polar surface area (TPSA) is 32.3 Å². The van der Waals surface area contributed by atoms with Crippen molar-refractivity contribution in [1.82, 2.24) is 5.32 Å². The minimum absolute atomic E-state index is 0.212. The van der Waals surface area contributed by atoms with Gasteiger partial charge in [-0.15, -0.1) is 11.8 Å². The van der Waals surface area contributed by atoms with Crippen LogP contribution < -0.4 is 5.32 Å². The molecule has 1 aliphatic rings. The standard InChI is InChI=1S/C21H27Br2F2NOS/c1-15(9-20(23)28-14-22)21(7-3-2-4-8-21)26-13-19(27)6-5-16-10-17(24)12-18(25)11-16/h9-12,19,26-27H,1-8,13-14H2/b20-9-. The van der Waals surface area contributed by atoms with Gasteiger partial charge in [0.05, 0.1) is 14.6 Å². The summed E-state index contributed by atoms with van der Waals surface area (Å²) in [5, 5.41) is 14.0. The van der Waals surface area contributed by atoms with Gasteiger partial charge in [-0.25, -0.2) is 8.78 Å². The van der Waals surface area contributed by atoms with Crippen LogP contribution in [0.15, 0.2) is 40.2 Å². The number of β-amino-alcohol motifs (C(OH)–C–C–N with tert-alkyl or cyclic N) is 1. The third-order valence-electron chi connectivity index (χ3n) is 5.17. The maximum atomic E-state index is 13.3. The van der Waals surface area contributed by atoms with E-state index in [1.807, 2.05) is 0 Å². The van der Waals surface area contributed by atoms with Crippen LogP contribution in [-0.2, 0) is 6.42 Å². The fourth-order valence-corrected chi connectivity index (χ4v) is 6.25. The second kappa shape index (κ2) is 11.8. The lowest BCUT2D eigenvalue weighted by molar-refractivity contribution is 0.142. The van der Waals surface area contributed by atoms with Crippen LogP contribution in [0.25, 0.3) is 0 Å². The van der Waals surface area contributed by atoms with Gasteiger partial charge in [-0.2, -0.15) is 0 Å². The van der Waals surface area contributed by atoms with Crippen LogP contribution in [0.5, 0.6) is 0 Å². The average molecular weight is 539 g/mol. The van der Waals surface area contributed by atoms with Crippen molar-refractivity contribution in [2.45, 2.75) is 56.6 Å². The summed E-state index contributed by atoms with van der Waals surface area (Å²) in [6.45, 7) is 4.73. The molecule has 1 aliphatic carbocycles. The molecule has 1 saturated carbocycles. The Kier molecular flexibility index (Phi) is 10.2. The normalized spacial score (nSPS) is 18.1. The fourth-order valence-electron chi connectivity index (χ4n) is 3.64. The Morgan fingerprint density at radius 1 is 1.25 bits per heavy atom. The van der Waals surface area contributed by atoms with Crippen LogP contribution >= 0.6 is 43.6 Å². The molecule has 28 heavy (non-hydrogen) atoms. The molecule has 0 spiro atoms. The van der Waals surface area contributed by atoms with Crippen LogP contribution in [-0.4, -0.2) is 28.0 Å². The molecule has 2 nitrogen and oxygen atoms in total. The monoisotopic (exact) mass is 537 g/mol. The molecule has 0 heterocycles. The Morgan fingerprint density at radius 2 is 1.89 bits per heavy atom. The lowest BCUT2D eigenvalue weighted by Crippen LogP contribution is -2.50. The summed E-state index contributed by atoms with van der Waals surface area (Å²) >= 11 is 8.63. The van der Waals surface area contributed by atoms with Gasteiger partial charge < -0.3 is 10.4 Å². The largest absolute Gasteiger partial charge is 0.392 e. The van der Waals surface area contributed by atoms with E-state index in [0.717, 1.165) is 45.8 Å². The number of benzene rings is 1. The van der Waals surface area contributed by atoms with Crippen molar-refractivity contribution in [2.75, 3.05) is 11.2 Å². The Balaban J connectivity index is 1.95. The van der Waals surface area contributed by atoms with Crippen LogP contribution in [0.1, 0.15) is 44.1 Å². The number of thioether (sulfide) groups is 1. The van der Waals surface area contributed by atoms with Gasteiger partial charge in [-0.1, -0.05) is 41.8 Å². The summed E-state index contributed by atoms with van der Waals surface area (Å²) in [6, 6.07) is 3.49. The van der Waals surface area contributed by atoms with E-state index in [2.05, 4.69) is 49.8 Å². The second-order valence-electron chi connectivity index (χ2n) is 7.22. The summed E-state index contributed by atoms with van der Waals surface area (Å²) < 4.78 is 28.4. The molecular weight excluding hydrogens is 512 g/mol. The maximum absolute atomic E-state index is 13.3. The van der Waals surface area contributed by atoms with Crippen molar-refractivity contribution in [1.29, 1.82) is 0 Å². The van der Waals surface area contributed by atoms with Gasteiger partial charge in [0.15, 0.2) is 0 Å². The van der Waals surface area contributed by atoms with Gasteiger partial charge in [0.2, 0.25) is 0 Å². The third-order valence-corrected chi connectivity index (χ3v) is 7.27. The number of hydrogen-bond acceptors (Lipinski definition) is 3. The molecule has 1 aromatic carbocycles. The van der Waals surface area contributed by atoms with Gasteiger partial charge in [-0.05, 0) is 71.0 Å². The first-order chi connectivity index (χ1) is 13.3. The SMILES string of the molecule is C=C(/C=C(/Br)SCBr)C1(NCC(O)CCc2cc(F)cc(F)c2)CCCCC1. The van der Waals surface area contributed by atoms with Crippen molar-refractivity contribution >= 4 is 43.6 Å². The third kappa shape index (κ3) is 7.56. The van der Waals surface area contributed by atoms with E-state index in [1.165, 1.54) is 18.6 Å². The van der Waals surface area contributed by atoms with Gasteiger partial charge >= 0.3 is 0 Å². The zero-order valence-electron chi connectivity index (χ0n) is 15.8. The van der Waals surface area contributed by atoms with Gasteiger partial charge in [0.1, 0.15) is 11.6 Å². The quantitative estimate of drug-likeness (QED) is 0.266. The first-order valence-corrected chi connectivity index (χ1v) is 12.4. The van der Waals surface area contributed by atoms with Crippen LogP contribution in [0, 0.1) is 11.6 Å². The Labute approximate surface area is 187 Å². The molecule has 0 amide bonds. The highest BCUT2D eigenvalue weighted by Gasteiger charge is 2.34. The lowest BCUT2D eigenvalue weighted by atomic mass is 9.76. The summed E-state index contributed by atoms with van der Waals surface area (Å²) in [7, 11) is 0. The van der Waals surface area contributed by atoms with Crippen LogP contribution in [0.2, 0.25) is 0 Å². The number of nitrogens with one attached hydrogen (secondary N) is 1. The first kappa shape index (κ1) is 24.1. The zero-order chi connectivity index (χ0) is 20.6. The number of hydrogen-bond donors (Lipinski definition) is 2. The number of alkyl halides is 1. The van der Waals surface area contributed by atoms with E-state index < -0.39 is 17.7 Å². The predicted octanol–water partition coefficient (Wildman–Crippen LogP) is 6.43. The molecule has 1 unspecified atom stereocenters. The van der Waals surface area contributed by atoms with Crippen molar-refractivity contribution in [3.63, 3.8) is 0 Å². The minimum atomic E-state index is -0.595.